The van der Waals surface area contributed by atoms with E-state index in [1.165, 1.54) is 12.1 Å². The van der Waals surface area contributed by atoms with Gasteiger partial charge in [0.05, 0.1) is 11.9 Å². The van der Waals surface area contributed by atoms with Gasteiger partial charge in [-0.1, -0.05) is 17.3 Å². The molecule has 4 rings (SSSR count). The van der Waals surface area contributed by atoms with Crippen LogP contribution in [0.5, 0.6) is 5.75 Å². The predicted octanol–water partition coefficient (Wildman–Crippen LogP) is 2.71. The number of hydrogen-bond acceptors (Lipinski definition) is 6. The molecule has 4 aromatic rings. The zero-order valence-corrected chi connectivity index (χ0v) is 13.7. The van der Waals surface area contributed by atoms with Crippen molar-refractivity contribution in [1.29, 1.82) is 0 Å². The van der Waals surface area contributed by atoms with Crippen LogP contribution in [0.2, 0.25) is 0 Å². The molecule has 0 aliphatic carbocycles. The van der Waals surface area contributed by atoms with Gasteiger partial charge in [0.15, 0.2) is 11.2 Å². The Morgan fingerprint density at radius 1 is 1.04 bits per heavy atom. The number of nitrogens with one attached hydrogen (secondary N) is 1. The summed E-state index contributed by atoms with van der Waals surface area (Å²) in [7, 11) is 0. The molecule has 2 aromatic carbocycles. The first kappa shape index (κ1) is 15.9. The van der Waals surface area contributed by atoms with Gasteiger partial charge in [0.2, 0.25) is 5.95 Å². The van der Waals surface area contributed by atoms with Gasteiger partial charge >= 0.3 is 0 Å². The third-order valence-electron chi connectivity index (χ3n) is 3.90. The third-order valence-corrected chi connectivity index (χ3v) is 3.90. The highest BCUT2D eigenvalue weighted by atomic mass is 19.1. The van der Waals surface area contributed by atoms with Crippen LogP contribution in [0.15, 0.2) is 54.7 Å². The van der Waals surface area contributed by atoms with Crippen LogP contribution in [0.4, 0.5) is 10.3 Å². The fraction of sp³-hybridized carbons (Fsp3) is 0.111. The highest BCUT2D eigenvalue weighted by Gasteiger charge is 2.10. The highest BCUT2D eigenvalue weighted by molar-refractivity contribution is 5.71. The molecule has 0 fully saturated rings. The van der Waals surface area contributed by atoms with E-state index in [1.54, 1.807) is 35.1 Å². The summed E-state index contributed by atoms with van der Waals surface area (Å²) in [6.45, 7) is 0.633. The largest absolute Gasteiger partial charge is 0.508 e. The predicted molar refractivity (Wildman–Crippen MR) is 94.7 cm³/mol. The molecule has 0 radical (unpaired) electrons. The van der Waals surface area contributed by atoms with Crippen molar-refractivity contribution in [2.45, 2.75) is 6.42 Å². The number of aromatic hydroxyl groups is 1. The summed E-state index contributed by atoms with van der Waals surface area (Å²) in [6.07, 6.45) is 2.36. The average Bonchev–Trinajstić information content (AvgIpc) is 3.07. The molecule has 0 aliphatic rings. The van der Waals surface area contributed by atoms with Crippen molar-refractivity contribution in [2.75, 3.05) is 11.9 Å². The first-order chi connectivity index (χ1) is 12.7. The summed E-state index contributed by atoms with van der Waals surface area (Å²) in [5.74, 6) is 0.392. The summed E-state index contributed by atoms with van der Waals surface area (Å²) in [5, 5.41) is 20.6. The molecular formula is C18H15FN6O. The number of halogens is 1. The summed E-state index contributed by atoms with van der Waals surface area (Å²) in [5.41, 5.74) is 2.86. The minimum Gasteiger partial charge on any atom is -0.508 e. The second-order valence-electron chi connectivity index (χ2n) is 5.72. The number of nitrogens with zero attached hydrogens (tertiary/aromatic N) is 5. The van der Waals surface area contributed by atoms with Crippen molar-refractivity contribution in [3.63, 3.8) is 0 Å². The van der Waals surface area contributed by atoms with Crippen LogP contribution in [0, 0.1) is 5.82 Å². The van der Waals surface area contributed by atoms with Crippen LogP contribution in [-0.4, -0.2) is 36.6 Å². The van der Waals surface area contributed by atoms with E-state index in [-0.39, 0.29) is 11.6 Å². The third kappa shape index (κ3) is 3.30. The second kappa shape index (κ2) is 6.75. The smallest absolute Gasteiger partial charge is 0.224 e. The Labute approximate surface area is 148 Å². The molecule has 0 atom stereocenters. The highest BCUT2D eigenvalue weighted by Crippen LogP contribution is 2.16. The van der Waals surface area contributed by atoms with E-state index in [4.69, 9.17) is 0 Å². The Bertz CT molecular complexity index is 1030. The number of benzene rings is 2. The lowest BCUT2D eigenvalue weighted by molar-refractivity contribution is 0.475. The minimum absolute atomic E-state index is 0.247. The van der Waals surface area contributed by atoms with E-state index in [0.29, 0.717) is 29.3 Å². The summed E-state index contributed by atoms with van der Waals surface area (Å²) < 4.78 is 14.7. The minimum atomic E-state index is -0.315. The van der Waals surface area contributed by atoms with E-state index in [1.807, 2.05) is 12.1 Å². The van der Waals surface area contributed by atoms with E-state index >= 15 is 0 Å². The van der Waals surface area contributed by atoms with Crippen molar-refractivity contribution in [3.8, 4) is 11.4 Å². The Morgan fingerprint density at radius 3 is 2.58 bits per heavy atom. The van der Waals surface area contributed by atoms with Gasteiger partial charge in [0.25, 0.3) is 0 Å². The van der Waals surface area contributed by atoms with Crippen molar-refractivity contribution >= 4 is 17.1 Å². The van der Waals surface area contributed by atoms with Gasteiger partial charge in [-0.3, -0.25) is 0 Å². The molecule has 0 spiro atoms. The fourth-order valence-corrected chi connectivity index (χ4v) is 2.55. The van der Waals surface area contributed by atoms with Gasteiger partial charge in [-0.25, -0.2) is 9.37 Å². The molecule has 8 heteroatoms. The van der Waals surface area contributed by atoms with E-state index in [0.717, 1.165) is 12.0 Å². The van der Waals surface area contributed by atoms with Crippen LogP contribution in [-0.2, 0) is 6.42 Å². The molecule has 2 aromatic heterocycles. The maximum Gasteiger partial charge on any atom is 0.224 e. The van der Waals surface area contributed by atoms with Crippen molar-refractivity contribution in [2.24, 2.45) is 0 Å². The fourth-order valence-electron chi connectivity index (χ4n) is 2.55. The first-order valence-corrected chi connectivity index (χ1v) is 8.05. The van der Waals surface area contributed by atoms with Gasteiger partial charge in [-0.15, -0.1) is 5.10 Å². The lowest BCUT2D eigenvalue weighted by Gasteiger charge is -2.06. The number of aromatic nitrogens is 5. The van der Waals surface area contributed by atoms with E-state index < -0.39 is 0 Å². The number of rotatable bonds is 5. The monoisotopic (exact) mass is 350 g/mol. The lowest BCUT2D eigenvalue weighted by Crippen LogP contribution is -2.08. The lowest BCUT2D eigenvalue weighted by atomic mass is 10.1. The first-order valence-electron chi connectivity index (χ1n) is 8.05. The zero-order chi connectivity index (χ0) is 17.9. The quantitative estimate of drug-likeness (QED) is 0.575. The average molecular weight is 350 g/mol. The van der Waals surface area contributed by atoms with Gasteiger partial charge in [0.1, 0.15) is 11.6 Å². The van der Waals surface area contributed by atoms with Crippen LogP contribution < -0.4 is 5.32 Å². The van der Waals surface area contributed by atoms with E-state index in [2.05, 4.69) is 25.6 Å². The zero-order valence-electron chi connectivity index (χ0n) is 13.7. The Morgan fingerprint density at radius 2 is 1.81 bits per heavy atom. The van der Waals surface area contributed by atoms with Crippen LogP contribution in [0.25, 0.3) is 16.9 Å². The van der Waals surface area contributed by atoms with Crippen molar-refractivity contribution < 1.29 is 9.50 Å². The molecule has 0 bridgehead atoms. The molecular weight excluding hydrogens is 335 g/mol. The number of anilines is 1. The standard InChI is InChI=1S/C18H15FN6O/c19-13-3-5-14(6-4-13)25-17-16(23-24-25)11-21-18(22-17)20-10-9-12-1-7-15(26)8-2-12/h1-8,11,26H,9-10H2,(H,20,21,22). The van der Waals surface area contributed by atoms with Crippen molar-refractivity contribution in [1.82, 2.24) is 25.0 Å². The summed E-state index contributed by atoms with van der Waals surface area (Å²) >= 11 is 0. The molecule has 0 aliphatic heterocycles. The van der Waals surface area contributed by atoms with E-state index in [9.17, 15) is 9.50 Å². The van der Waals surface area contributed by atoms with Crippen LogP contribution >= 0.6 is 0 Å². The Hall–Kier alpha value is -3.55. The molecule has 0 unspecified atom stereocenters. The SMILES string of the molecule is Oc1ccc(CCNc2ncc3nnn(-c4ccc(F)cc4)c3n2)cc1. The molecule has 0 saturated carbocycles. The summed E-state index contributed by atoms with van der Waals surface area (Å²) in [6, 6.07) is 13.0. The molecule has 7 nitrogen and oxygen atoms in total. The maximum atomic E-state index is 13.1. The molecule has 0 saturated heterocycles. The normalized spacial score (nSPS) is 11.0. The van der Waals surface area contributed by atoms with Crippen LogP contribution in [0.1, 0.15) is 5.56 Å². The van der Waals surface area contributed by atoms with Crippen LogP contribution in [0.3, 0.4) is 0 Å². The Balaban J connectivity index is 1.52. The molecule has 2 heterocycles. The molecule has 2 N–H and O–H groups in total. The van der Waals surface area contributed by atoms with Gasteiger partial charge in [-0.05, 0) is 48.4 Å². The number of phenolic OH excluding ortho intramolecular Hbond substituents is 1. The topological polar surface area (TPSA) is 88.8 Å². The number of phenols is 1. The number of fused-ring (bicyclic) bond motifs is 1. The molecule has 130 valence electrons. The second-order valence-corrected chi connectivity index (χ2v) is 5.72. The van der Waals surface area contributed by atoms with Gasteiger partial charge < -0.3 is 10.4 Å². The molecule has 0 amide bonds. The van der Waals surface area contributed by atoms with Gasteiger partial charge in [-0.2, -0.15) is 9.67 Å². The van der Waals surface area contributed by atoms with Gasteiger partial charge in [0, 0.05) is 6.54 Å². The molecule has 26 heavy (non-hydrogen) atoms. The Kier molecular flexibility index (Phi) is 4.14. The summed E-state index contributed by atoms with van der Waals surface area (Å²) in [4.78, 5) is 8.70. The maximum absolute atomic E-state index is 13.1. The number of hydrogen-bond donors (Lipinski definition) is 2. The van der Waals surface area contributed by atoms with Crippen molar-refractivity contribution in [3.05, 3.63) is 66.1 Å².